The number of aryl methyl sites for hydroxylation is 1. The topological polar surface area (TPSA) is 61.2 Å². The second kappa shape index (κ2) is 8.09. The maximum atomic E-state index is 4.55. The summed E-state index contributed by atoms with van der Waals surface area (Å²) in [6, 6.07) is 8.96. The third-order valence-corrected chi connectivity index (χ3v) is 6.02. The molecule has 3 aromatic rings. The Morgan fingerprint density at radius 2 is 2.21 bits per heavy atom. The van der Waals surface area contributed by atoms with Crippen LogP contribution in [-0.2, 0) is 6.42 Å². The van der Waals surface area contributed by atoms with Crippen molar-refractivity contribution in [3.8, 4) is 0 Å². The molecule has 0 saturated carbocycles. The van der Waals surface area contributed by atoms with E-state index in [1.54, 1.807) is 0 Å². The molecule has 1 aromatic carbocycles. The van der Waals surface area contributed by atoms with E-state index in [1.165, 1.54) is 22.2 Å². The number of rotatable bonds is 4. The van der Waals surface area contributed by atoms with Crippen molar-refractivity contribution in [3.05, 3.63) is 54.2 Å². The van der Waals surface area contributed by atoms with Crippen molar-refractivity contribution in [1.29, 1.82) is 0 Å². The number of nitrogens with one attached hydrogen (secondary N) is 2. The second-order valence-corrected chi connectivity index (χ2v) is 7.79. The quantitative estimate of drug-likeness (QED) is 0.540. The lowest BCUT2D eigenvalue weighted by Crippen LogP contribution is -2.49. The summed E-state index contributed by atoms with van der Waals surface area (Å²) in [7, 11) is 1.88. The van der Waals surface area contributed by atoms with Gasteiger partial charge in [-0.05, 0) is 37.3 Å². The van der Waals surface area contributed by atoms with Crippen LogP contribution in [-0.4, -0.2) is 52.1 Å². The molecule has 148 valence electrons. The van der Waals surface area contributed by atoms with E-state index in [0.717, 1.165) is 38.4 Å². The number of para-hydroxylation sites is 1. The van der Waals surface area contributed by atoms with Gasteiger partial charge in [-0.2, -0.15) is 0 Å². The lowest BCUT2D eigenvalue weighted by molar-refractivity contribution is 0.189. The van der Waals surface area contributed by atoms with Crippen molar-refractivity contribution in [2.45, 2.75) is 32.7 Å². The highest BCUT2D eigenvalue weighted by Crippen LogP contribution is 2.27. The number of guanidine groups is 1. The summed E-state index contributed by atoms with van der Waals surface area (Å²) in [6.07, 6.45) is 8.00. The first-order valence-corrected chi connectivity index (χ1v) is 10.2. The van der Waals surface area contributed by atoms with E-state index in [1.807, 2.05) is 19.6 Å². The molecule has 2 aromatic heterocycles. The summed E-state index contributed by atoms with van der Waals surface area (Å²) >= 11 is 0. The van der Waals surface area contributed by atoms with Crippen molar-refractivity contribution >= 4 is 16.9 Å². The molecule has 2 atom stereocenters. The van der Waals surface area contributed by atoms with Crippen molar-refractivity contribution in [3.63, 3.8) is 0 Å². The minimum atomic E-state index is 0.436. The first-order chi connectivity index (χ1) is 13.7. The zero-order chi connectivity index (χ0) is 19.5. The molecule has 0 radical (unpaired) electrons. The van der Waals surface area contributed by atoms with E-state index in [4.69, 9.17) is 0 Å². The summed E-state index contributed by atoms with van der Waals surface area (Å²) in [4.78, 5) is 14.7. The van der Waals surface area contributed by atoms with E-state index in [2.05, 4.69) is 74.1 Å². The average molecular weight is 379 g/mol. The van der Waals surface area contributed by atoms with Crippen molar-refractivity contribution in [2.24, 2.45) is 10.9 Å². The smallest absolute Gasteiger partial charge is 0.193 e. The van der Waals surface area contributed by atoms with Gasteiger partial charge in [0.25, 0.3) is 0 Å². The van der Waals surface area contributed by atoms with Gasteiger partial charge in [-0.15, -0.1) is 0 Å². The summed E-state index contributed by atoms with van der Waals surface area (Å²) < 4.78 is 2.24. The molecule has 0 aliphatic carbocycles. The normalized spacial score (nSPS) is 20.7. The number of hydrogen-bond donors (Lipinski definition) is 2. The highest BCUT2D eigenvalue weighted by molar-refractivity contribution is 5.84. The number of piperidine rings is 1. The SMILES string of the molecule is CN=C(NCCc1c(C)[nH]c2ccccc12)N1CCC(C)C(n2ccnc2)C1. The molecule has 1 saturated heterocycles. The fraction of sp³-hybridized carbons (Fsp3) is 0.455. The third-order valence-electron chi connectivity index (χ3n) is 6.02. The van der Waals surface area contributed by atoms with Crippen molar-refractivity contribution in [2.75, 3.05) is 26.7 Å². The summed E-state index contributed by atoms with van der Waals surface area (Å²) in [6.45, 7) is 7.36. The highest BCUT2D eigenvalue weighted by atomic mass is 15.3. The van der Waals surface area contributed by atoms with E-state index in [-0.39, 0.29) is 0 Å². The minimum absolute atomic E-state index is 0.436. The van der Waals surface area contributed by atoms with Crippen LogP contribution in [0, 0.1) is 12.8 Å². The lowest BCUT2D eigenvalue weighted by atomic mass is 9.93. The average Bonchev–Trinajstić information content (AvgIpc) is 3.34. The number of imidazole rings is 1. The number of benzene rings is 1. The van der Waals surface area contributed by atoms with E-state index in [0.29, 0.717) is 12.0 Å². The third kappa shape index (κ3) is 3.63. The van der Waals surface area contributed by atoms with Crippen LogP contribution in [0.3, 0.4) is 0 Å². The number of H-pyrrole nitrogens is 1. The molecule has 0 bridgehead atoms. The molecule has 2 N–H and O–H groups in total. The maximum absolute atomic E-state index is 4.55. The molecule has 2 unspecified atom stereocenters. The largest absolute Gasteiger partial charge is 0.358 e. The van der Waals surface area contributed by atoms with E-state index < -0.39 is 0 Å². The predicted octanol–water partition coefficient (Wildman–Crippen LogP) is 3.37. The van der Waals surface area contributed by atoms with Gasteiger partial charge < -0.3 is 19.8 Å². The van der Waals surface area contributed by atoms with Gasteiger partial charge in [-0.25, -0.2) is 4.98 Å². The van der Waals surface area contributed by atoms with E-state index in [9.17, 15) is 0 Å². The molecule has 1 fully saturated rings. The fourth-order valence-corrected chi connectivity index (χ4v) is 4.38. The minimum Gasteiger partial charge on any atom is -0.358 e. The Balaban J connectivity index is 1.40. The monoisotopic (exact) mass is 378 g/mol. The van der Waals surface area contributed by atoms with Crippen LogP contribution in [0.25, 0.3) is 10.9 Å². The molecular weight excluding hydrogens is 348 g/mol. The highest BCUT2D eigenvalue weighted by Gasteiger charge is 2.28. The van der Waals surface area contributed by atoms with Crippen LogP contribution in [0.4, 0.5) is 0 Å². The molecule has 0 spiro atoms. The first-order valence-electron chi connectivity index (χ1n) is 10.2. The summed E-state index contributed by atoms with van der Waals surface area (Å²) in [5.41, 5.74) is 3.86. The maximum Gasteiger partial charge on any atom is 0.193 e. The van der Waals surface area contributed by atoms with Gasteiger partial charge in [-0.3, -0.25) is 4.99 Å². The zero-order valence-electron chi connectivity index (χ0n) is 17.0. The Morgan fingerprint density at radius 1 is 1.36 bits per heavy atom. The van der Waals surface area contributed by atoms with Gasteiger partial charge in [0.05, 0.1) is 12.4 Å². The number of aromatic nitrogens is 3. The predicted molar refractivity (Wildman–Crippen MR) is 115 cm³/mol. The van der Waals surface area contributed by atoms with Crippen LogP contribution >= 0.6 is 0 Å². The van der Waals surface area contributed by atoms with Crippen molar-refractivity contribution < 1.29 is 0 Å². The molecule has 28 heavy (non-hydrogen) atoms. The Morgan fingerprint density at radius 3 is 3.00 bits per heavy atom. The van der Waals surface area contributed by atoms with Crippen LogP contribution in [0.15, 0.2) is 48.0 Å². The van der Waals surface area contributed by atoms with Crippen molar-refractivity contribution in [1.82, 2.24) is 24.8 Å². The number of nitrogens with zero attached hydrogens (tertiary/aromatic N) is 4. The van der Waals surface area contributed by atoms with Gasteiger partial charge >= 0.3 is 0 Å². The molecule has 3 heterocycles. The molecule has 0 amide bonds. The molecule has 1 aliphatic rings. The Hall–Kier alpha value is -2.76. The lowest BCUT2D eigenvalue weighted by Gasteiger charge is -2.39. The van der Waals surface area contributed by atoms with Gasteiger partial charge in [0.1, 0.15) is 0 Å². The molecule has 1 aliphatic heterocycles. The number of aromatic amines is 1. The Kier molecular flexibility index (Phi) is 5.37. The van der Waals surface area contributed by atoms with E-state index >= 15 is 0 Å². The Bertz CT molecular complexity index is 939. The van der Waals surface area contributed by atoms with Crippen LogP contribution < -0.4 is 5.32 Å². The standard InChI is InChI=1S/C22H30N6/c1-16-9-12-27(14-21(16)28-13-11-24-15-28)22(23-3)25-10-8-18-17(2)26-20-7-5-4-6-19(18)20/h4-7,11,13,15-16,21,26H,8-10,12,14H2,1-3H3,(H,23,25). The molecule has 4 rings (SSSR count). The zero-order valence-corrected chi connectivity index (χ0v) is 17.0. The fourth-order valence-electron chi connectivity index (χ4n) is 4.38. The first kappa shape index (κ1) is 18.6. The summed E-state index contributed by atoms with van der Waals surface area (Å²) in [5, 5.41) is 4.91. The van der Waals surface area contributed by atoms with Gasteiger partial charge in [0, 0.05) is 55.7 Å². The molecule has 6 heteroatoms. The Labute approximate surface area is 166 Å². The number of fused-ring (bicyclic) bond motifs is 1. The second-order valence-electron chi connectivity index (χ2n) is 7.79. The van der Waals surface area contributed by atoms with Crippen LogP contribution in [0.5, 0.6) is 0 Å². The van der Waals surface area contributed by atoms with Crippen LogP contribution in [0.1, 0.15) is 30.6 Å². The molecule has 6 nitrogen and oxygen atoms in total. The number of aliphatic imine (C=N–C) groups is 1. The van der Waals surface area contributed by atoms with Gasteiger partial charge in [-0.1, -0.05) is 25.1 Å². The number of hydrogen-bond acceptors (Lipinski definition) is 2. The number of likely N-dealkylation sites (tertiary alicyclic amines) is 1. The van der Waals surface area contributed by atoms with Gasteiger partial charge in [0.15, 0.2) is 5.96 Å². The summed E-state index contributed by atoms with van der Waals surface area (Å²) in [5.74, 6) is 1.63. The van der Waals surface area contributed by atoms with Gasteiger partial charge in [0.2, 0.25) is 0 Å². The molecular formula is C22H30N6. The van der Waals surface area contributed by atoms with Crippen LogP contribution in [0.2, 0.25) is 0 Å².